The molecule has 130 valence electrons. The molecule has 1 N–H and O–H groups in total. The number of nitrogens with one attached hydrogen (secondary N) is 1. The molecular formula is C17H20Cl2N2O3. The van der Waals surface area contributed by atoms with E-state index in [0.717, 1.165) is 12.0 Å². The molecule has 1 saturated heterocycles. The first-order valence-electron chi connectivity index (χ1n) is 8.10. The molecule has 3 rings (SSSR count). The molecule has 5 nitrogen and oxygen atoms in total. The van der Waals surface area contributed by atoms with Crippen LogP contribution in [0.4, 0.5) is 0 Å². The molecule has 1 heterocycles. The molecule has 1 aromatic carbocycles. The summed E-state index contributed by atoms with van der Waals surface area (Å²) in [7, 11) is 0. The largest absolute Gasteiger partial charge is 0.378 e. The summed E-state index contributed by atoms with van der Waals surface area (Å²) in [5.74, 6) is -0.252. The molecule has 2 fully saturated rings. The highest BCUT2D eigenvalue weighted by Gasteiger charge is 2.45. The van der Waals surface area contributed by atoms with Crippen LogP contribution in [0.15, 0.2) is 18.2 Å². The summed E-state index contributed by atoms with van der Waals surface area (Å²) in [5, 5.41) is 3.83. The zero-order chi connectivity index (χ0) is 17.3. The maximum atomic E-state index is 12.4. The van der Waals surface area contributed by atoms with Crippen molar-refractivity contribution in [3.63, 3.8) is 0 Å². The Morgan fingerprint density at radius 2 is 2.00 bits per heavy atom. The number of carbonyl (C=O) groups excluding carboxylic acids is 2. The van der Waals surface area contributed by atoms with Crippen LogP contribution in [0.5, 0.6) is 0 Å². The molecule has 2 aliphatic rings. The fourth-order valence-corrected chi connectivity index (χ4v) is 3.52. The SMILES string of the molecule is C[C@H](NC(=O)[C@H]1C[C@@H]1c1cccc(Cl)c1Cl)C(=O)N1CCOCC1. The number of benzene rings is 1. The van der Waals surface area contributed by atoms with Crippen molar-refractivity contribution in [1.29, 1.82) is 0 Å². The predicted molar refractivity (Wildman–Crippen MR) is 92.3 cm³/mol. The van der Waals surface area contributed by atoms with Crippen LogP contribution in [0.2, 0.25) is 10.0 Å². The Morgan fingerprint density at radius 3 is 2.71 bits per heavy atom. The topological polar surface area (TPSA) is 58.6 Å². The lowest BCUT2D eigenvalue weighted by Crippen LogP contribution is -2.50. The summed E-state index contributed by atoms with van der Waals surface area (Å²) in [6, 6.07) is 4.93. The molecular weight excluding hydrogens is 351 g/mol. The van der Waals surface area contributed by atoms with E-state index in [2.05, 4.69) is 5.32 Å². The highest BCUT2D eigenvalue weighted by Crippen LogP contribution is 2.50. The van der Waals surface area contributed by atoms with E-state index in [4.69, 9.17) is 27.9 Å². The molecule has 2 amide bonds. The number of halogens is 2. The van der Waals surface area contributed by atoms with E-state index in [0.29, 0.717) is 36.3 Å². The fraction of sp³-hybridized carbons (Fsp3) is 0.529. The van der Waals surface area contributed by atoms with Crippen molar-refractivity contribution in [3.8, 4) is 0 Å². The number of carbonyl (C=O) groups is 2. The Hall–Kier alpha value is -1.30. The van der Waals surface area contributed by atoms with Crippen molar-refractivity contribution in [2.75, 3.05) is 26.3 Å². The molecule has 0 aromatic heterocycles. The second kappa shape index (κ2) is 7.30. The lowest BCUT2D eigenvalue weighted by atomic mass is 10.1. The van der Waals surface area contributed by atoms with Crippen molar-refractivity contribution >= 4 is 35.0 Å². The third kappa shape index (κ3) is 3.68. The Morgan fingerprint density at radius 1 is 1.29 bits per heavy atom. The molecule has 7 heteroatoms. The summed E-state index contributed by atoms with van der Waals surface area (Å²) in [6.45, 7) is 3.96. The maximum Gasteiger partial charge on any atom is 0.245 e. The van der Waals surface area contributed by atoms with Gasteiger partial charge in [-0.05, 0) is 30.9 Å². The van der Waals surface area contributed by atoms with Crippen LogP contribution in [0.3, 0.4) is 0 Å². The van der Waals surface area contributed by atoms with Gasteiger partial charge in [0.2, 0.25) is 11.8 Å². The van der Waals surface area contributed by atoms with Gasteiger partial charge >= 0.3 is 0 Å². The lowest BCUT2D eigenvalue weighted by molar-refractivity contribution is -0.139. The van der Waals surface area contributed by atoms with Crippen LogP contribution < -0.4 is 5.32 Å². The smallest absolute Gasteiger partial charge is 0.245 e. The van der Waals surface area contributed by atoms with Crippen LogP contribution >= 0.6 is 23.2 Å². The molecule has 1 aliphatic carbocycles. The van der Waals surface area contributed by atoms with Gasteiger partial charge in [-0.2, -0.15) is 0 Å². The predicted octanol–water partition coefficient (Wildman–Crippen LogP) is 2.46. The van der Waals surface area contributed by atoms with E-state index in [1.165, 1.54) is 0 Å². The highest BCUT2D eigenvalue weighted by molar-refractivity contribution is 6.42. The number of morpholine rings is 1. The molecule has 3 atom stereocenters. The molecule has 1 aromatic rings. The number of nitrogens with zero attached hydrogens (tertiary/aromatic N) is 1. The Balaban J connectivity index is 1.56. The van der Waals surface area contributed by atoms with Gasteiger partial charge in [-0.15, -0.1) is 0 Å². The summed E-state index contributed by atoms with van der Waals surface area (Å²) in [4.78, 5) is 26.5. The normalized spacial score (nSPS) is 24.4. The van der Waals surface area contributed by atoms with Gasteiger partial charge in [-0.25, -0.2) is 0 Å². The van der Waals surface area contributed by atoms with E-state index in [9.17, 15) is 9.59 Å². The number of hydrogen-bond donors (Lipinski definition) is 1. The number of ether oxygens (including phenoxy) is 1. The van der Waals surface area contributed by atoms with E-state index in [1.807, 2.05) is 12.1 Å². The van der Waals surface area contributed by atoms with Crippen LogP contribution in [-0.4, -0.2) is 49.1 Å². The Bertz CT molecular complexity index is 647. The molecule has 1 saturated carbocycles. The van der Waals surface area contributed by atoms with E-state index in [-0.39, 0.29) is 23.7 Å². The third-order valence-electron chi connectivity index (χ3n) is 4.56. The average molecular weight is 371 g/mol. The first-order valence-corrected chi connectivity index (χ1v) is 8.85. The average Bonchev–Trinajstić information content (AvgIpc) is 3.38. The monoisotopic (exact) mass is 370 g/mol. The fourth-order valence-electron chi connectivity index (χ4n) is 3.08. The second-order valence-corrected chi connectivity index (χ2v) is 7.04. The van der Waals surface area contributed by atoms with Gasteiger partial charge in [0.15, 0.2) is 0 Å². The van der Waals surface area contributed by atoms with Gasteiger partial charge in [0.05, 0.1) is 23.3 Å². The second-order valence-electron chi connectivity index (χ2n) is 6.26. The minimum Gasteiger partial charge on any atom is -0.378 e. The molecule has 0 radical (unpaired) electrons. The summed E-state index contributed by atoms with van der Waals surface area (Å²) in [5.41, 5.74) is 0.900. The summed E-state index contributed by atoms with van der Waals surface area (Å²) >= 11 is 12.3. The molecule has 1 aliphatic heterocycles. The zero-order valence-corrected chi connectivity index (χ0v) is 14.9. The van der Waals surface area contributed by atoms with Crippen LogP contribution in [-0.2, 0) is 14.3 Å². The lowest BCUT2D eigenvalue weighted by Gasteiger charge is -2.29. The Kier molecular flexibility index (Phi) is 5.33. The zero-order valence-electron chi connectivity index (χ0n) is 13.4. The van der Waals surface area contributed by atoms with Crippen molar-refractivity contribution in [2.24, 2.45) is 5.92 Å². The quantitative estimate of drug-likeness (QED) is 0.885. The third-order valence-corrected chi connectivity index (χ3v) is 5.39. The van der Waals surface area contributed by atoms with Crippen LogP contribution in [0.25, 0.3) is 0 Å². The molecule has 24 heavy (non-hydrogen) atoms. The molecule has 0 spiro atoms. The van der Waals surface area contributed by atoms with E-state index < -0.39 is 6.04 Å². The van der Waals surface area contributed by atoms with Crippen molar-refractivity contribution in [3.05, 3.63) is 33.8 Å². The van der Waals surface area contributed by atoms with Gasteiger partial charge in [0.1, 0.15) is 6.04 Å². The van der Waals surface area contributed by atoms with Crippen LogP contribution in [0, 0.1) is 5.92 Å². The van der Waals surface area contributed by atoms with E-state index >= 15 is 0 Å². The van der Waals surface area contributed by atoms with Crippen molar-refractivity contribution < 1.29 is 14.3 Å². The first-order chi connectivity index (χ1) is 11.5. The van der Waals surface area contributed by atoms with Gasteiger partial charge in [0, 0.05) is 19.0 Å². The van der Waals surface area contributed by atoms with Gasteiger partial charge in [-0.3, -0.25) is 9.59 Å². The van der Waals surface area contributed by atoms with Crippen molar-refractivity contribution in [2.45, 2.75) is 25.3 Å². The standard InChI is InChI=1S/C17H20Cl2N2O3/c1-10(17(23)21-5-7-24-8-6-21)20-16(22)13-9-12(13)11-3-2-4-14(18)15(11)19/h2-4,10,12-13H,5-9H2,1H3,(H,20,22)/t10-,12+,13-/m0/s1. The maximum absolute atomic E-state index is 12.4. The number of amides is 2. The number of rotatable bonds is 4. The van der Waals surface area contributed by atoms with Gasteiger partial charge in [0.25, 0.3) is 0 Å². The Labute approximate surface area is 151 Å². The first kappa shape index (κ1) is 17.5. The number of hydrogen-bond acceptors (Lipinski definition) is 3. The van der Waals surface area contributed by atoms with Gasteiger partial charge < -0.3 is 15.0 Å². The highest BCUT2D eigenvalue weighted by atomic mass is 35.5. The van der Waals surface area contributed by atoms with E-state index in [1.54, 1.807) is 17.9 Å². The molecule has 0 unspecified atom stereocenters. The van der Waals surface area contributed by atoms with Gasteiger partial charge in [-0.1, -0.05) is 35.3 Å². The summed E-state index contributed by atoms with van der Waals surface area (Å²) in [6.07, 6.45) is 0.727. The minimum atomic E-state index is -0.535. The molecule has 0 bridgehead atoms. The van der Waals surface area contributed by atoms with Crippen LogP contribution in [0.1, 0.15) is 24.8 Å². The summed E-state index contributed by atoms with van der Waals surface area (Å²) < 4.78 is 5.24. The van der Waals surface area contributed by atoms with Crippen molar-refractivity contribution in [1.82, 2.24) is 10.2 Å². The minimum absolute atomic E-state index is 0.0652.